The van der Waals surface area contributed by atoms with Crippen molar-refractivity contribution < 1.29 is 16.8 Å². The number of hydrogen-bond donors (Lipinski definition) is 2. The highest BCUT2D eigenvalue weighted by atomic mass is 32.2. The normalized spacial score (nSPS) is 22.7. The van der Waals surface area contributed by atoms with Crippen molar-refractivity contribution in [1.82, 2.24) is 14.5 Å². The molecule has 1 aliphatic rings. The van der Waals surface area contributed by atoms with Gasteiger partial charge in [0, 0.05) is 19.2 Å². The third kappa shape index (κ3) is 3.07. The van der Waals surface area contributed by atoms with Gasteiger partial charge in [-0.15, -0.1) is 0 Å². The number of nitrogens with zero attached hydrogens (tertiary/aromatic N) is 2. The highest BCUT2D eigenvalue weighted by Gasteiger charge is 2.36. The summed E-state index contributed by atoms with van der Waals surface area (Å²) >= 11 is 0. The second kappa shape index (κ2) is 4.76. The zero-order chi connectivity index (χ0) is 14.3. The number of rotatable bonds is 4. The number of nitrogen functional groups attached to an aromatic ring is 1. The zero-order valence-electron chi connectivity index (χ0n) is 10.4. The molecule has 0 saturated carbocycles. The van der Waals surface area contributed by atoms with Gasteiger partial charge in [0.15, 0.2) is 9.84 Å². The standard InChI is InChI=1S/C9H16N4O4S2/c1-13-9(10)7(4-11-13)5-12-19(16,17)8-2-3-18(14,15)6-8/h4,8,12H,2-3,5-6,10H2,1H3. The number of anilines is 1. The Morgan fingerprint density at radius 2 is 2.26 bits per heavy atom. The molecular weight excluding hydrogens is 292 g/mol. The van der Waals surface area contributed by atoms with Crippen LogP contribution < -0.4 is 10.5 Å². The molecule has 108 valence electrons. The molecule has 0 aliphatic carbocycles. The van der Waals surface area contributed by atoms with Crippen LogP contribution in [0.2, 0.25) is 0 Å². The highest BCUT2D eigenvalue weighted by Crippen LogP contribution is 2.19. The Hall–Kier alpha value is -1.13. The smallest absolute Gasteiger partial charge is 0.215 e. The van der Waals surface area contributed by atoms with Crippen LogP contribution in [0.5, 0.6) is 0 Å². The quantitative estimate of drug-likeness (QED) is 0.705. The molecule has 0 bridgehead atoms. The molecule has 2 heterocycles. The highest BCUT2D eigenvalue weighted by molar-refractivity contribution is 7.95. The van der Waals surface area contributed by atoms with Gasteiger partial charge in [0.2, 0.25) is 10.0 Å². The summed E-state index contributed by atoms with van der Waals surface area (Å²) in [4.78, 5) is 0. The van der Waals surface area contributed by atoms with E-state index in [4.69, 9.17) is 5.73 Å². The molecule has 0 radical (unpaired) electrons. The van der Waals surface area contributed by atoms with Gasteiger partial charge in [0.25, 0.3) is 0 Å². The van der Waals surface area contributed by atoms with E-state index in [9.17, 15) is 16.8 Å². The first-order valence-electron chi connectivity index (χ1n) is 5.66. The summed E-state index contributed by atoms with van der Waals surface area (Å²) < 4.78 is 50.3. The Balaban J connectivity index is 2.05. The number of sulfonamides is 1. The van der Waals surface area contributed by atoms with Crippen LogP contribution in [0.15, 0.2) is 6.20 Å². The monoisotopic (exact) mass is 308 g/mol. The van der Waals surface area contributed by atoms with Gasteiger partial charge in [-0.25, -0.2) is 21.6 Å². The average Bonchev–Trinajstić information content (AvgIpc) is 2.82. The summed E-state index contributed by atoms with van der Waals surface area (Å²) in [5.41, 5.74) is 6.26. The van der Waals surface area contributed by atoms with E-state index in [0.717, 1.165) is 0 Å². The van der Waals surface area contributed by atoms with Crippen molar-refractivity contribution in [3.8, 4) is 0 Å². The predicted octanol–water partition coefficient (Wildman–Crippen LogP) is -1.39. The van der Waals surface area contributed by atoms with Gasteiger partial charge in [-0.3, -0.25) is 4.68 Å². The molecule has 8 nitrogen and oxygen atoms in total. The van der Waals surface area contributed by atoms with Gasteiger partial charge in [-0.05, 0) is 6.42 Å². The van der Waals surface area contributed by atoms with Crippen molar-refractivity contribution >= 4 is 25.7 Å². The van der Waals surface area contributed by atoms with Crippen molar-refractivity contribution in [3.63, 3.8) is 0 Å². The fourth-order valence-corrected chi connectivity index (χ4v) is 5.98. The summed E-state index contributed by atoms with van der Waals surface area (Å²) in [6.07, 6.45) is 1.61. The Kier molecular flexibility index (Phi) is 3.58. The molecule has 1 fully saturated rings. The first-order valence-corrected chi connectivity index (χ1v) is 9.03. The van der Waals surface area contributed by atoms with E-state index in [1.807, 2.05) is 0 Å². The fraction of sp³-hybridized carbons (Fsp3) is 0.667. The summed E-state index contributed by atoms with van der Waals surface area (Å²) in [5, 5.41) is 3.02. The second-order valence-corrected chi connectivity index (χ2v) is 8.84. The first-order chi connectivity index (χ1) is 8.71. The number of nitrogens with one attached hydrogen (secondary N) is 1. The lowest BCUT2D eigenvalue weighted by molar-refractivity contribution is 0.568. The summed E-state index contributed by atoms with van der Waals surface area (Å²) in [6, 6.07) is 0. The van der Waals surface area contributed by atoms with E-state index in [2.05, 4.69) is 9.82 Å². The van der Waals surface area contributed by atoms with Crippen LogP contribution in [0.25, 0.3) is 0 Å². The molecule has 1 atom stereocenters. The third-order valence-corrected chi connectivity index (χ3v) is 6.96. The van der Waals surface area contributed by atoms with Crippen molar-refractivity contribution in [2.75, 3.05) is 17.2 Å². The maximum absolute atomic E-state index is 12.0. The molecule has 0 amide bonds. The maximum Gasteiger partial charge on any atom is 0.215 e. The molecule has 19 heavy (non-hydrogen) atoms. The average molecular weight is 308 g/mol. The Labute approximate surface area is 111 Å². The Bertz CT molecular complexity index is 677. The van der Waals surface area contributed by atoms with E-state index in [1.54, 1.807) is 7.05 Å². The van der Waals surface area contributed by atoms with E-state index in [1.165, 1.54) is 10.9 Å². The minimum Gasteiger partial charge on any atom is -0.384 e. The zero-order valence-corrected chi connectivity index (χ0v) is 12.0. The SMILES string of the molecule is Cn1ncc(CNS(=O)(=O)C2CCS(=O)(=O)C2)c1N. The summed E-state index contributed by atoms with van der Waals surface area (Å²) in [7, 11) is -5.23. The van der Waals surface area contributed by atoms with Crippen molar-refractivity contribution in [3.05, 3.63) is 11.8 Å². The van der Waals surface area contributed by atoms with Crippen LogP contribution in [0, 0.1) is 0 Å². The van der Waals surface area contributed by atoms with Crippen LogP contribution in [0.1, 0.15) is 12.0 Å². The first kappa shape index (κ1) is 14.3. The van der Waals surface area contributed by atoms with Crippen LogP contribution in [0.4, 0.5) is 5.82 Å². The van der Waals surface area contributed by atoms with E-state index in [0.29, 0.717) is 11.4 Å². The minimum absolute atomic E-state index is 0.0125. The van der Waals surface area contributed by atoms with Gasteiger partial charge < -0.3 is 5.73 Å². The number of sulfone groups is 1. The lowest BCUT2D eigenvalue weighted by atomic mass is 10.3. The molecule has 1 aliphatic heterocycles. The lowest BCUT2D eigenvalue weighted by Gasteiger charge is -2.11. The number of aromatic nitrogens is 2. The molecule has 3 N–H and O–H groups in total. The van der Waals surface area contributed by atoms with Crippen LogP contribution in [0.3, 0.4) is 0 Å². The van der Waals surface area contributed by atoms with E-state index >= 15 is 0 Å². The summed E-state index contributed by atoms with van der Waals surface area (Å²) in [6.45, 7) is 0.0125. The van der Waals surface area contributed by atoms with E-state index < -0.39 is 25.1 Å². The summed E-state index contributed by atoms with van der Waals surface area (Å²) in [5.74, 6) is -0.0138. The van der Waals surface area contributed by atoms with E-state index in [-0.39, 0.29) is 24.5 Å². The molecule has 1 unspecified atom stereocenters. The van der Waals surface area contributed by atoms with Gasteiger partial charge in [-0.1, -0.05) is 0 Å². The largest absolute Gasteiger partial charge is 0.384 e. The van der Waals surface area contributed by atoms with Crippen LogP contribution >= 0.6 is 0 Å². The Morgan fingerprint density at radius 3 is 2.74 bits per heavy atom. The molecule has 10 heteroatoms. The molecule has 2 rings (SSSR count). The number of nitrogens with two attached hydrogens (primary N) is 1. The molecule has 1 aromatic rings. The van der Waals surface area contributed by atoms with Crippen LogP contribution in [-0.2, 0) is 33.5 Å². The van der Waals surface area contributed by atoms with Crippen molar-refractivity contribution in [2.24, 2.45) is 7.05 Å². The molecule has 0 spiro atoms. The molecular formula is C9H16N4O4S2. The van der Waals surface area contributed by atoms with Gasteiger partial charge in [0.1, 0.15) is 5.82 Å². The molecule has 1 saturated heterocycles. The van der Waals surface area contributed by atoms with Gasteiger partial charge in [-0.2, -0.15) is 5.10 Å². The van der Waals surface area contributed by atoms with Crippen molar-refractivity contribution in [2.45, 2.75) is 18.2 Å². The van der Waals surface area contributed by atoms with Crippen molar-refractivity contribution in [1.29, 1.82) is 0 Å². The number of hydrogen-bond acceptors (Lipinski definition) is 6. The fourth-order valence-electron chi connectivity index (χ4n) is 1.93. The minimum atomic E-state index is -3.66. The maximum atomic E-state index is 12.0. The molecule has 0 aromatic carbocycles. The number of aryl methyl sites for hydroxylation is 1. The second-order valence-electron chi connectivity index (χ2n) is 4.57. The predicted molar refractivity (Wildman–Crippen MR) is 70.4 cm³/mol. The molecule has 1 aromatic heterocycles. The third-order valence-electron chi connectivity index (χ3n) is 3.16. The topological polar surface area (TPSA) is 124 Å². The van der Waals surface area contributed by atoms with Gasteiger partial charge >= 0.3 is 0 Å². The lowest BCUT2D eigenvalue weighted by Crippen LogP contribution is -2.34. The van der Waals surface area contributed by atoms with Gasteiger partial charge in [0.05, 0.1) is 23.0 Å². The van der Waals surface area contributed by atoms with Crippen LogP contribution in [-0.4, -0.2) is 43.4 Å². The Morgan fingerprint density at radius 1 is 1.58 bits per heavy atom.